The number of carboxylic acid groups (broad SMARTS) is 1. The summed E-state index contributed by atoms with van der Waals surface area (Å²) in [7, 11) is -3.69. The third-order valence-corrected chi connectivity index (χ3v) is 6.20. The molecule has 0 fully saturated rings. The predicted octanol–water partition coefficient (Wildman–Crippen LogP) is 3.46. The number of aliphatic carboxylic acids is 1. The summed E-state index contributed by atoms with van der Waals surface area (Å²) in [5.74, 6) is -1.21. The molecule has 0 spiro atoms. The first kappa shape index (κ1) is 16.2. The van der Waals surface area contributed by atoms with Crippen molar-refractivity contribution in [3.8, 4) is 0 Å². The highest BCUT2D eigenvalue weighted by Crippen LogP contribution is 2.58. The molecule has 1 N–H and O–H groups in total. The van der Waals surface area contributed by atoms with E-state index in [9.17, 15) is 14.5 Å². The normalized spacial score (nSPS) is 13.2. The molecule has 0 aromatic heterocycles. The fraction of sp³-hybridized carbons (Fsp3) is 0.417. The topological polar surface area (TPSA) is 72.8 Å². The molecule has 0 heterocycles. The highest BCUT2D eigenvalue weighted by Gasteiger charge is 2.42. The highest BCUT2D eigenvalue weighted by atomic mass is 32.2. The molecule has 0 aliphatic heterocycles. The third kappa shape index (κ3) is 4.66. The molecule has 1 rings (SSSR count). The van der Waals surface area contributed by atoms with Gasteiger partial charge in [0, 0.05) is 4.90 Å². The van der Waals surface area contributed by atoms with Crippen LogP contribution in [0.25, 0.3) is 0 Å². The monoisotopic (exact) mass is 304 g/mol. The van der Waals surface area contributed by atoms with Crippen LogP contribution >= 0.6 is 19.4 Å². The van der Waals surface area contributed by atoms with E-state index in [0.717, 1.165) is 11.8 Å². The maximum absolute atomic E-state index is 12.5. The molecule has 19 heavy (non-hydrogen) atoms. The van der Waals surface area contributed by atoms with Gasteiger partial charge in [0.25, 0.3) is 0 Å². The average molecular weight is 304 g/mol. The van der Waals surface area contributed by atoms with Crippen LogP contribution in [-0.4, -0.2) is 29.3 Å². The summed E-state index contributed by atoms with van der Waals surface area (Å²) < 4.78 is 22.7. The van der Waals surface area contributed by atoms with Gasteiger partial charge in [0.05, 0.1) is 13.2 Å². The highest BCUT2D eigenvalue weighted by molar-refractivity contribution is 8.06. The lowest BCUT2D eigenvalue weighted by Crippen LogP contribution is -2.19. The molecule has 0 amide bonds. The van der Waals surface area contributed by atoms with E-state index in [1.165, 1.54) is 0 Å². The zero-order chi connectivity index (χ0) is 14.3. The summed E-state index contributed by atoms with van der Waals surface area (Å²) in [5, 5.41) is 9.27. The summed E-state index contributed by atoms with van der Waals surface area (Å²) >= 11 is 0.971. The van der Waals surface area contributed by atoms with Gasteiger partial charge in [0.1, 0.15) is 0 Å². The van der Waals surface area contributed by atoms with Crippen molar-refractivity contribution in [3.63, 3.8) is 0 Å². The number of carbonyl (C=O) groups is 1. The summed E-state index contributed by atoms with van der Waals surface area (Å²) in [6, 6.07) is 8.90. The zero-order valence-corrected chi connectivity index (χ0v) is 12.5. The summed E-state index contributed by atoms with van der Waals surface area (Å²) in [4.78, 5) is 10.8. The minimum atomic E-state index is -3.69. The van der Waals surface area contributed by atoms with E-state index in [-0.39, 0.29) is 13.2 Å². The summed E-state index contributed by atoms with van der Waals surface area (Å²) in [6.07, 6.45) is 0. The van der Waals surface area contributed by atoms with E-state index in [0.29, 0.717) is 4.90 Å². The molecule has 5 nitrogen and oxygen atoms in total. The molecule has 1 aromatic rings. The van der Waals surface area contributed by atoms with Gasteiger partial charge in [-0.15, -0.1) is 0 Å². The van der Waals surface area contributed by atoms with Crippen LogP contribution in [0.15, 0.2) is 35.2 Å². The Bertz CT molecular complexity index is 441. The Balaban J connectivity index is 2.98. The van der Waals surface area contributed by atoms with Crippen molar-refractivity contribution >= 4 is 25.3 Å². The number of hydrogen-bond acceptors (Lipinski definition) is 5. The van der Waals surface area contributed by atoms with Gasteiger partial charge in [-0.2, -0.15) is 0 Å². The maximum Gasteiger partial charge on any atom is 0.355 e. The van der Waals surface area contributed by atoms with Gasteiger partial charge in [0.15, 0.2) is 0 Å². The Hall–Kier alpha value is -0.810. The first-order chi connectivity index (χ1) is 9.03. The average Bonchev–Trinajstić information content (AvgIpc) is 2.37. The molecular formula is C12H17O5PS. The number of thioether (sulfide) groups is 1. The van der Waals surface area contributed by atoms with Crippen LogP contribution in [-0.2, 0) is 18.4 Å². The van der Waals surface area contributed by atoms with Gasteiger partial charge >= 0.3 is 13.6 Å². The van der Waals surface area contributed by atoms with Crippen LogP contribution in [0, 0.1) is 0 Å². The molecule has 7 heteroatoms. The van der Waals surface area contributed by atoms with E-state index in [2.05, 4.69) is 0 Å². The van der Waals surface area contributed by atoms with Gasteiger partial charge in [-0.25, -0.2) is 0 Å². The summed E-state index contributed by atoms with van der Waals surface area (Å²) in [5.41, 5.74) is 0. The quantitative estimate of drug-likeness (QED) is 0.586. The van der Waals surface area contributed by atoms with Crippen molar-refractivity contribution in [2.24, 2.45) is 0 Å². The molecule has 0 aliphatic carbocycles. The number of hydrogen-bond donors (Lipinski definition) is 1. The molecule has 0 radical (unpaired) electrons. The molecule has 1 atom stereocenters. The second-order valence-electron chi connectivity index (χ2n) is 3.50. The Labute approximate surface area is 116 Å². The first-order valence-corrected chi connectivity index (χ1v) is 8.36. The molecule has 106 valence electrons. The predicted molar refractivity (Wildman–Crippen MR) is 74.6 cm³/mol. The molecule has 0 bridgehead atoms. The van der Waals surface area contributed by atoms with E-state index in [1.54, 1.807) is 38.1 Å². The lowest BCUT2D eigenvalue weighted by atomic mass is 10.4. The molecule has 0 aliphatic rings. The van der Waals surface area contributed by atoms with Crippen LogP contribution in [0.2, 0.25) is 0 Å². The lowest BCUT2D eigenvalue weighted by Gasteiger charge is -2.22. The standard InChI is InChI=1S/C12H17O5PS/c1-3-16-18(15,17-4-2)12(11(13)14)19-10-8-6-5-7-9-10/h5-9,12H,3-4H2,1-2H3,(H,13,14). The van der Waals surface area contributed by atoms with Crippen LogP contribution in [0.5, 0.6) is 0 Å². The van der Waals surface area contributed by atoms with Gasteiger partial charge in [-0.3, -0.25) is 9.36 Å². The Morgan fingerprint density at radius 1 is 1.26 bits per heavy atom. The number of rotatable bonds is 8. The van der Waals surface area contributed by atoms with E-state index in [4.69, 9.17) is 9.05 Å². The first-order valence-electron chi connectivity index (χ1n) is 5.86. The molecule has 1 unspecified atom stereocenters. The molecular weight excluding hydrogens is 287 g/mol. The largest absolute Gasteiger partial charge is 0.480 e. The van der Waals surface area contributed by atoms with Gasteiger partial charge in [-0.1, -0.05) is 30.0 Å². The Morgan fingerprint density at radius 3 is 2.21 bits per heavy atom. The van der Waals surface area contributed by atoms with Crippen LogP contribution in [0.1, 0.15) is 13.8 Å². The fourth-order valence-electron chi connectivity index (χ4n) is 1.41. The van der Waals surface area contributed by atoms with Crippen LogP contribution in [0.4, 0.5) is 0 Å². The minimum absolute atomic E-state index is 0.135. The third-order valence-electron chi connectivity index (χ3n) is 2.11. The van der Waals surface area contributed by atoms with Crippen LogP contribution in [0.3, 0.4) is 0 Å². The Morgan fingerprint density at radius 2 is 1.79 bits per heavy atom. The van der Waals surface area contributed by atoms with Crippen LogP contribution < -0.4 is 0 Å². The lowest BCUT2D eigenvalue weighted by molar-refractivity contribution is -0.135. The van der Waals surface area contributed by atoms with E-state index in [1.807, 2.05) is 6.07 Å². The second kappa shape index (κ2) is 7.70. The number of carboxylic acids is 1. The van der Waals surface area contributed by atoms with E-state index >= 15 is 0 Å². The van der Waals surface area contributed by atoms with Crippen molar-refractivity contribution in [1.29, 1.82) is 0 Å². The molecule has 0 saturated carbocycles. The van der Waals surface area contributed by atoms with Crippen molar-refractivity contribution in [2.75, 3.05) is 13.2 Å². The minimum Gasteiger partial charge on any atom is -0.480 e. The SMILES string of the molecule is CCOP(=O)(OCC)C(Sc1ccccc1)C(=O)O. The van der Waals surface area contributed by atoms with Crippen molar-refractivity contribution < 1.29 is 23.5 Å². The van der Waals surface area contributed by atoms with Crippen molar-refractivity contribution in [1.82, 2.24) is 0 Å². The summed E-state index contributed by atoms with van der Waals surface area (Å²) in [6.45, 7) is 3.57. The van der Waals surface area contributed by atoms with Gasteiger partial charge in [-0.05, 0) is 26.0 Å². The fourth-order valence-corrected chi connectivity index (χ4v) is 4.67. The second-order valence-corrected chi connectivity index (χ2v) is 7.14. The smallest absolute Gasteiger partial charge is 0.355 e. The van der Waals surface area contributed by atoms with Gasteiger partial charge in [0.2, 0.25) is 4.99 Å². The Kier molecular flexibility index (Phi) is 6.58. The van der Waals surface area contributed by atoms with Crippen molar-refractivity contribution in [2.45, 2.75) is 23.7 Å². The van der Waals surface area contributed by atoms with Crippen molar-refractivity contribution in [3.05, 3.63) is 30.3 Å². The number of benzene rings is 1. The van der Waals surface area contributed by atoms with Gasteiger partial charge < -0.3 is 14.2 Å². The molecule has 1 aromatic carbocycles. The maximum atomic E-state index is 12.5. The zero-order valence-electron chi connectivity index (χ0n) is 10.8. The van der Waals surface area contributed by atoms with E-state index < -0.39 is 18.6 Å². The molecule has 0 saturated heterocycles.